The molecule has 82 valence electrons. The Kier molecular flexibility index (Phi) is 3.08. The monoisotopic (exact) mass is 254 g/mol. The number of rotatable bonds is 2. The average molecular weight is 255 g/mol. The number of thiophene rings is 1. The van der Waals surface area contributed by atoms with Crippen molar-refractivity contribution in [2.45, 2.75) is 6.92 Å². The van der Waals surface area contributed by atoms with Crippen molar-refractivity contribution in [1.29, 1.82) is 0 Å². The summed E-state index contributed by atoms with van der Waals surface area (Å²) in [5.41, 5.74) is 1.11. The van der Waals surface area contributed by atoms with Gasteiger partial charge in [0, 0.05) is 5.56 Å². The molecule has 4 heteroatoms. The van der Waals surface area contributed by atoms with Crippen LogP contribution in [0.1, 0.15) is 20.8 Å². The predicted molar refractivity (Wildman–Crippen MR) is 63.9 cm³/mol. The van der Waals surface area contributed by atoms with Gasteiger partial charge in [-0.2, -0.15) is 0 Å². The summed E-state index contributed by atoms with van der Waals surface area (Å²) in [6.07, 6.45) is 0. The molecule has 0 aliphatic heterocycles. The highest BCUT2D eigenvalue weighted by atomic mass is 35.5. The van der Waals surface area contributed by atoms with E-state index in [0.29, 0.717) is 21.0 Å². The quantitative estimate of drug-likeness (QED) is 0.738. The van der Waals surface area contributed by atoms with Gasteiger partial charge in [0.15, 0.2) is 0 Å². The third kappa shape index (κ3) is 2.01. The van der Waals surface area contributed by atoms with Crippen molar-refractivity contribution < 1.29 is 9.18 Å². The number of carbonyl (C=O) groups excluding carboxylic acids is 1. The maximum atomic E-state index is 12.9. The summed E-state index contributed by atoms with van der Waals surface area (Å²) in [6.45, 7) is 1.71. The zero-order chi connectivity index (χ0) is 11.7. The smallest absolute Gasteiger partial charge is 0.204 e. The lowest BCUT2D eigenvalue weighted by Crippen LogP contribution is -2.02. The Morgan fingerprint density at radius 2 is 2.12 bits per heavy atom. The van der Waals surface area contributed by atoms with Crippen LogP contribution in [0, 0.1) is 12.7 Å². The van der Waals surface area contributed by atoms with Gasteiger partial charge in [0.25, 0.3) is 0 Å². The molecule has 0 N–H and O–H groups in total. The fourth-order valence-corrected chi connectivity index (χ4v) is 2.55. The molecule has 1 aromatic carbocycles. The third-order valence-electron chi connectivity index (χ3n) is 2.26. The van der Waals surface area contributed by atoms with Gasteiger partial charge in [0.05, 0.1) is 9.90 Å². The Hall–Kier alpha value is -1.19. The van der Waals surface area contributed by atoms with E-state index >= 15 is 0 Å². The lowest BCUT2D eigenvalue weighted by molar-refractivity contribution is 0.104. The second kappa shape index (κ2) is 4.36. The Morgan fingerprint density at radius 3 is 2.69 bits per heavy atom. The normalized spacial score (nSPS) is 10.4. The zero-order valence-corrected chi connectivity index (χ0v) is 10.0. The average Bonchev–Trinajstić information content (AvgIpc) is 2.63. The molecule has 0 aliphatic rings. The molecule has 0 fully saturated rings. The van der Waals surface area contributed by atoms with Gasteiger partial charge in [-0.3, -0.25) is 4.79 Å². The maximum absolute atomic E-state index is 12.9. The summed E-state index contributed by atoms with van der Waals surface area (Å²) in [5.74, 6) is -0.496. The van der Waals surface area contributed by atoms with Crippen LogP contribution in [0.4, 0.5) is 4.39 Å². The highest BCUT2D eigenvalue weighted by Gasteiger charge is 2.16. The first-order valence-electron chi connectivity index (χ1n) is 4.63. The fourth-order valence-electron chi connectivity index (χ4n) is 1.46. The lowest BCUT2D eigenvalue weighted by Gasteiger charge is -2.03. The maximum Gasteiger partial charge on any atom is 0.204 e. The van der Waals surface area contributed by atoms with Gasteiger partial charge in [-0.05, 0) is 42.1 Å². The first kappa shape index (κ1) is 11.3. The number of carbonyl (C=O) groups is 1. The van der Waals surface area contributed by atoms with Crippen molar-refractivity contribution >= 4 is 28.7 Å². The van der Waals surface area contributed by atoms with Crippen molar-refractivity contribution in [2.75, 3.05) is 0 Å². The van der Waals surface area contributed by atoms with E-state index in [1.54, 1.807) is 18.4 Å². The largest absolute Gasteiger partial charge is 0.288 e. The molecule has 1 nitrogen and oxygen atoms in total. The van der Waals surface area contributed by atoms with Gasteiger partial charge < -0.3 is 0 Å². The van der Waals surface area contributed by atoms with Gasteiger partial charge >= 0.3 is 0 Å². The Morgan fingerprint density at radius 1 is 1.38 bits per heavy atom. The van der Waals surface area contributed by atoms with Crippen LogP contribution in [0.25, 0.3) is 0 Å². The molecule has 2 rings (SSSR count). The first-order chi connectivity index (χ1) is 7.59. The van der Waals surface area contributed by atoms with Crippen LogP contribution in [0.15, 0.2) is 29.6 Å². The van der Waals surface area contributed by atoms with E-state index in [9.17, 15) is 9.18 Å². The summed E-state index contributed by atoms with van der Waals surface area (Å²) in [4.78, 5) is 12.6. The highest BCUT2D eigenvalue weighted by molar-refractivity contribution is 7.13. The van der Waals surface area contributed by atoms with E-state index in [1.807, 2.05) is 0 Å². The van der Waals surface area contributed by atoms with Crippen LogP contribution >= 0.6 is 22.9 Å². The van der Waals surface area contributed by atoms with E-state index in [4.69, 9.17) is 11.6 Å². The molecule has 0 amide bonds. The van der Waals surface area contributed by atoms with Crippen molar-refractivity contribution in [3.8, 4) is 0 Å². The second-order valence-electron chi connectivity index (χ2n) is 3.39. The molecule has 2 aromatic rings. The molecular formula is C12H8ClFOS. The van der Waals surface area contributed by atoms with E-state index < -0.39 is 0 Å². The van der Waals surface area contributed by atoms with Crippen molar-refractivity contribution in [2.24, 2.45) is 0 Å². The number of ketones is 1. The Labute approximate surface area is 101 Å². The van der Waals surface area contributed by atoms with Crippen molar-refractivity contribution in [3.63, 3.8) is 0 Å². The number of halogens is 2. The van der Waals surface area contributed by atoms with Crippen molar-refractivity contribution in [3.05, 3.63) is 56.5 Å². The molecule has 0 saturated heterocycles. The summed E-state index contributed by atoms with van der Waals surface area (Å²) in [7, 11) is 0. The highest BCUT2D eigenvalue weighted by Crippen LogP contribution is 2.26. The van der Waals surface area contributed by atoms with Crippen LogP contribution in [-0.4, -0.2) is 5.78 Å². The molecule has 16 heavy (non-hydrogen) atoms. The topological polar surface area (TPSA) is 17.1 Å². The number of aryl methyl sites for hydroxylation is 1. The molecule has 1 aromatic heterocycles. The van der Waals surface area contributed by atoms with Gasteiger partial charge in [-0.15, -0.1) is 11.3 Å². The van der Waals surface area contributed by atoms with E-state index in [0.717, 1.165) is 0 Å². The molecule has 0 bridgehead atoms. The zero-order valence-electron chi connectivity index (χ0n) is 8.46. The minimum Gasteiger partial charge on any atom is -0.288 e. The van der Waals surface area contributed by atoms with Crippen LogP contribution in [-0.2, 0) is 0 Å². The summed E-state index contributed by atoms with van der Waals surface area (Å²) < 4.78 is 12.9. The van der Waals surface area contributed by atoms with E-state index in [2.05, 4.69) is 0 Å². The minimum absolute atomic E-state index is 0.155. The summed E-state index contributed by atoms with van der Waals surface area (Å²) >= 11 is 7.17. The second-order valence-corrected chi connectivity index (χ2v) is 4.71. The third-order valence-corrected chi connectivity index (χ3v) is 3.60. The first-order valence-corrected chi connectivity index (χ1v) is 5.89. The minimum atomic E-state index is -0.341. The number of hydrogen-bond donors (Lipinski definition) is 0. The van der Waals surface area contributed by atoms with E-state index in [-0.39, 0.29) is 11.6 Å². The predicted octanol–water partition coefficient (Wildman–Crippen LogP) is 4.08. The molecule has 0 spiro atoms. The molecular weight excluding hydrogens is 247 g/mol. The molecule has 0 radical (unpaired) electrons. The summed E-state index contributed by atoms with van der Waals surface area (Å²) in [5, 5.41) is 2.20. The fraction of sp³-hybridized carbons (Fsp3) is 0.0833. The summed E-state index contributed by atoms with van der Waals surface area (Å²) in [6, 6.07) is 5.79. The molecule has 0 aliphatic carbocycles. The molecule has 0 unspecified atom stereocenters. The van der Waals surface area contributed by atoms with Gasteiger partial charge in [0.1, 0.15) is 5.82 Å². The van der Waals surface area contributed by atoms with E-state index in [1.165, 1.54) is 29.5 Å². The van der Waals surface area contributed by atoms with Crippen LogP contribution in [0.5, 0.6) is 0 Å². The van der Waals surface area contributed by atoms with Crippen LogP contribution < -0.4 is 0 Å². The van der Waals surface area contributed by atoms with Crippen LogP contribution in [0.2, 0.25) is 5.02 Å². The van der Waals surface area contributed by atoms with Gasteiger partial charge in [-0.1, -0.05) is 11.6 Å². The standard InChI is InChI=1S/C12H8ClFOS/c1-7-6-8(14)2-3-9(7)11(15)12-10(13)4-5-16-12/h2-6H,1H3. The van der Waals surface area contributed by atoms with Gasteiger partial charge in [-0.25, -0.2) is 4.39 Å². The Bertz CT molecular complexity index is 548. The Balaban J connectivity index is 2.46. The van der Waals surface area contributed by atoms with Gasteiger partial charge in [0.2, 0.25) is 5.78 Å². The lowest BCUT2D eigenvalue weighted by atomic mass is 10.0. The molecule has 0 saturated carbocycles. The number of benzene rings is 1. The van der Waals surface area contributed by atoms with Crippen molar-refractivity contribution in [1.82, 2.24) is 0 Å². The molecule has 1 heterocycles. The molecule has 0 atom stereocenters. The van der Waals surface area contributed by atoms with Crippen LogP contribution in [0.3, 0.4) is 0 Å². The SMILES string of the molecule is Cc1cc(F)ccc1C(=O)c1sccc1Cl. The number of hydrogen-bond acceptors (Lipinski definition) is 2.